The SMILES string of the molecule is C/C=C\C=C(/C)c1nc(-c2ccccc2)nc(-n2c3ccccc3c3ccc4c5ccccc5sc4c32)n1. The maximum Gasteiger partial charge on any atom is 0.238 e. The standard InChI is InChI=1S/C33H24N4S/c1-3-4-12-21(2)31-34-32(22-13-6-5-7-14-22)36-33(35-31)37-27-17-10-8-15-23(27)25-19-20-26-24-16-9-11-18-28(24)38-30(26)29(25)37/h3-20H,1-2H3/b4-3-,21-12+. The van der Waals surface area contributed by atoms with E-state index in [1.165, 1.54) is 30.9 Å². The van der Waals surface area contributed by atoms with E-state index in [2.05, 4.69) is 65.2 Å². The second-order valence-corrected chi connectivity index (χ2v) is 10.4. The predicted octanol–water partition coefficient (Wildman–Crippen LogP) is 8.98. The smallest absolute Gasteiger partial charge is 0.238 e. The molecule has 0 amide bonds. The zero-order chi connectivity index (χ0) is 25.6. The van der Waals surface area contributed by atoms with Crippen LogP contribution in [0.25, 0.3) is 64.9 Å². The number of aromatic nitrogens is 4. The highest BCUT2D eigenvalue weighted by Gasteiger charge is 2.20. The highest BCUT2D eigenvalue weighted by molar-refractivity contribution is 7.26. The lowest BCUT2D eigenvalue weighted by molar-refractivity contribution is 0.931. The molecular formula is C33H24N4S. The Kier molecular flexibility index (Phi) is 5.38. The van der Waals surface area contributed by atoms with Gasteiger partial charge in [-0.15, -0.1) is 11.3 Å². The van der Waals surface area contributed by atoms with E-state index in [1.54, 1.807) is 0 Å². The molecule has 0 aliphatic rings. The Morgan fingerprint density at radius 3 is 2.32 bits per heavy atom. The van der Waals surface area contributed by atoms with E-state index < -0.39 is 0 Å². The summed E-state index contributed by atoms with van der Waals surface area (Å²) in [5.41, 5.74) is 4.16. The molecule has 0 radical (unpaired) electrons. The Bertz CT molecular complexity index is 2040. The van der Waals surface area contributed by atoms with Crippen LogP contribution in [-0.4, -0.2) is 19.5 Å². The Morgan fingerprint density at radius 2 is 1.47 bits per heavy atom. The van der Waals surface area contributed by atoms with Gasteiger partial charge in [-0.2, -0.15) is 9.97 Å². The zero-order valence-electron chi connectivity index (χ0n) is 21.1. The summed E-state index contributed by atoms with van der Waals surface area (Å²) >= 11 is 1.82. The fourth-order valence-electron chi connectivity index (χ4n) is 5.11. The summed E-state index contributed by atoms with van der Waals surface area (Å²) in [7, 11) is 0. The van der Waals surface area contributed by atoms with E-state index in [4.69, 9.17) is 15.0 Å². The molecule has 0 aliphatic carbocycles. The van der Waals surface area contributed by atoms with Crippen molar-refractivity contribution in [1.82, 2.24) is 19.5 Å². The highest BCUT2D eigenvalue weighted by Crippen LogP contribution is 2.42. The van der Waals surface area contributed by atoms with Crippen molar-refractivity contribution < 1.29 is 0 Å². The maximum absolute atomic E-state index is 5.07. The zero-order valence-corrected chi connectivity index (χ0v) is 21.9. The molecule has 0 aliphatic heterocycles. The Hall–Kier alpha value is -4.61. The lowest BCUT2D eigenvalue weighted by atomic mass is 10.1. The van der Waals surface area contributed by atoms with Crippen molar-refractivity contribution in [3.8, 4) is 17.3 Å². The number of fused-ring (bicyclic) bond motifs is 7. The third kappa shape index (κ3) is 3.55. The molecule has 4 nitrogen and oxygen atoms in total. The van der Waals surface area contributed by atoms with E-state index in [0.717, 1.165) is 22.2 Å². The molecule has 0 saturated heterocycles. The van der Waals surface area contributed by atoms with Gasteiger partial charge in [0.1, 0.15) is 0 Å². The molecule has 0 bridgehead atoms. The van der Waals surface area contributed by atoms with Crippen LogP contribution in [0.4, 0.5) is 0 Å². The fourth-order valence-corrected chi connectivity index (χ4v) is 6.35. The largest absolute Gasteiger partial charge is 0.276 e. The van der Waals surface area contributed by atoms with Gasteiger partial charge in [-0.05, 0) is 31.6 Å². The molecule has 4 aromatic carbocycles. The van der Waals surface area contributed by atoms with Crippen molar-refractivity contribution in [2.75, 3.05) is 0 Å². The van der Waals surface area contributed by atoms with Crippen molar-refractivity contribution in [3.63, 3.8) is 0 Å². The molecular weight excluding hydrogens is 484 g/mol. The molecule has 0 spiro atoms. The molecule has 0 N–H and O–H groups in total. The number of hydrogen-bond acceptors (Lipinski definition) is 4. The molecule has 0 atom stereocenters. The summed E-state index contributed by atoms with van der Waals surface area (Å²) in [5, 5.41) is 4.91. The van der Waals surface area contributed by atoms with Crippen LogP contribution in [0.2, 0.25) is 0 Å². The molecule has 38 heavy (non-hydrogen) atoms. The van der Waals surface area contributed by atoms with E-state index in [9.17, 15) is 0 Å². The topological polar surface area (TPSA) is 43.6 Å². The number of benzene rings is 4. The number of rotatable bonds is 4. The van der Waals surface area contributed by atoms with Gasteiger partial charge in [0, 0.05) is 31.8 Å². The van der Waals surface area contributed by atoms with Crippen molar-refractivity contribution in [1.29, 1.82) is 0 Å². The van der Waals surface area contributed by atoms with Crippen molar-refractivity contribution >= 4 is 58.9 Å². The summed E-state index contributed by atoms with van der Waals surface area (Å²) in [6, 6.07) is 31.8. The first-order valence-corrected chi connectivity index (χ1v) is 13.5. The lowest BCUT2D eigenvalue weighted by Crippen LogP contribution is -2.07. The average molecular weight is 509 g/mol. The van der Waals surface area contributed by atoms with Gasteiger partial charge in [-0.25, -0.2) is 4.98 Å². The first-order valence-electron chi connectivity index (χ1n) is 12.7. The number of allylic oxidation sites excluding steroid dienone is 4. The minimum Gasteiger partial charge on any atom is -0.276 e. The van der Waals surface area contributed by atoms with Gasteiger partial charge in [0.2, 0.25) is 5.95 Å². The fraction of sp³-hybridized carbons (Fsp3) is 0.0606. The van der Waals surface area contributed by atoms with E-state index in [0.29, 0.717) is 17.6 Å². The number of hydrogen-bond donors (Lipinski definition) is 0. The van der Waals surface area contributed by atoms with Crippen LogP contribution in [-0.2, 0) is 0 Å². The summed E-state index contributed by atoms with van der Waals surface area (Å²) in [6.07, 6.45) is 6.07. The quantitative estimate of drug-likeness (QED) is 0.223. The number of para-hydroxylation sites is 1. The van der Waals surface area contributed by atoms with E-state index >= 15 is 0 Å². The Balaban J connectivity index is 1.62. The van der Waals surface area contributed by atoms with Crippen LogP contribution in [0, 0.1) is 0 Å². The average Bonchev–Trinajstić information content (AvgIpc) is 3.52. The highest BCUT2D eigenvalue weighted by atomic mass is 32.1. The van der Waals surface area contributed by atoms with Gasteiger partial charge in [0.05, 0.1) is 15.7 Å². The summed E-state index contributed by atoms with van der Waals surface area (Å²) in [5.74, 6) is 1.95. The minimum atomic E-state index is 0.623. The van der Waals surface area contributed by atoms with Crippen molar-refractivity contribution in [3.05, 3.63) is 115 Å². The first kappa shape index (κ1) is 22.6. The van der Waals surface area contributed by atoms with Gasteiger partial charge in [0.25, 0.3) is 0 Å². The molecule has 0 unspecified atom stereocenters. The monoisotopic (exact) mass is 508 g/mol. The third-order valence-corrected chi connectivity index (χ3v) is 8.12. The van der Waals surface area contributed by atoms with Crippen LogP contribution >= 0.6 is 11.3 Å². The van der Waals surface area contributed by atoms with Crippen LogP contribution in [0.1, 0.15) is 19.7 Å². The maximum atomic E-state index is 5.07. The van der Waals surface area contributed by atoms with Gasteiger partial charge in [-0.1, -0.05) is 97.1 Å². The molecule has 0 saturated carbocycles. The van der Waals surface area contributed by atoms with Crippen LogP contribution in [0.5, 0.6) is 0 Å². The second-order valence-electron chi connectivity index (χ2n) is 9.31. The number of nitrogens with zero attached hydrogens (tertiary/aromatic N) is 4. The third-order valence-electron chi connectivity index (χ3n) is 6.93. The summed E-state index contributed by atoms with van der Waals surface area (Å²) in [6.45, 7) is 4.05. The Morgan fingerprint density at radius 1 is 0.737 bits per heavy atom. The predicted molar refractivity (Wildman–Crippen MR) is 161 cm³/mol. The number of thiophene rings is 1. The molecule has 0 fully saturated rings. The molecule has 3 heterocycles. The first-order chi connectivity index (χ1) is 18.7. The summed E-state index contributed by atoms with van der Waals surface area (Å²) < 4.78 is 4.74. The molecule has 7 rings (SSSR count). The lowest BCUT2D eigenvalue weighted by Gasteiger charge is -2.11. The van der Waals surface area contributed by atoms with Crippen molar-refractivity contribution in [2.45, 2.75) is 13.8 Å². The van der Waals surface area contributed by atoms with Gasteiger partial charge in [-0.3, -0.25) is 4.57 Å². The molecule has 3 aromatic heterocycles. The normalized spacial score (nSPS) is 12.5. The van der Waals surface area contributed by atoms with Crippen LogP contribution in [0.3, 0.4) is 0 Å². The molecule has 7 aromatic rings. The van der Waals surface area contributed by atoms with Gasteiger partial charge < -0.3 is 0 Å². The van der Waals surface area contributed by atoms with E-state index in [1.807, 2.05) is 73.7 Å². The molecule has 182 valence electrons. The molecule has 5 heteroatoms. The Labute approximate surface area is 224 Å². The summed E-state index contributed by atoms with van der Waals surface area (Å²) in [4.78, 5) is 15.0. The second kappa shape index (κ2) is 9.05. The van der Waals surface area contributed by atoms with Gasteiger partial charge >= 0.3 is 0 Å². The van der Waals surface area contributed by atoms with Gasteiger partial charge in [0.15, 0.2) is 11.6 Å². The van der Waals surface area contributed by atoms with Crippen molar-refractivity contribution in [2.24, 2.45) is 0 Å². The van der Waals surface area contributed by atoms with Crippen LogP contribution < -0.4 is 0 Å². The van der Waals surface area contributed by atoms with E-state index in [-0.39, 0.29) is 0 Å². The van der Waals surface area contributed by atoms with Crippen LogP contribution in [0.15, 0.2) is 109 Å². The minimum absolute atomic E-state index is 0.623.